The molecule has 206 valence electrons. The third-order valence-corrected chi connectivity index (χ3v) is 6.16. The van der Waals surface area contributed by atoms with Gasteiger partial charge in [0, 0.05) is 24.9 Å². The summed E-state index contributed by atoms with van der Waals surface area (Å²) in [7, 11) is 0.928. The molecule has 2 aromatic heterocycles. The lowest BCUT2D eigenvalue weighted by atomic mass is 10.3. The Labute approximate surface area is 218 Å². The van der Waals surface area contributed by atoms with Crippen LogP contribution < -0.4 is 19.5 Å². The molecule has 38 heavy (non-hydrogen) atoms. The van der Waals surface area contributed by atoms with E-state index in [1.54, 1.807) is 13.0 Å². The summed E-state index contributed by atoms with van der Waals surface area (Å²) in [5.74, 6) is -0.249. The van der Waals surface area contributed by atoms with Gasteiger partial charge in [0.25, 0.3) is 0 Å². The summed E-state index contributed by atoms with van der Waals surface area (Å²) in [5, 5.41) is 2.69. The summed E-state index contributed by atoms with van der Waals surface area (Å²) in [6, 6.07) is 5.41. The second-order valence-corrected chi connectivity index (χ2v) is 8.69. The maximum Gasteiger partial charge on any atom is 0.508 e. The molecule has 1 aromatic carbocycles. The van der Waals surface area contributed by atoms with Crippen LogP contribution in [0.3, 0.4) is 0 Å². The molecule has 0 aliphatic heterocycles. The van der Waals surface area contributed by atoms with Gasteiger partial charge >= 0.3 is 12.8 Å². The third-order valence-electron chi connectivity index (χ3n) is 4.94. The van der Waals surface area contributed by atoms with Crippen molar-refractivity contribution in [1.29, 1.82) is 0 Å². The van der Waals surface area contributed by atoms with E-state index in [-0.39, 0.29) is 59.7 Å². The van der Waals surface area contributed by atoms with Crippen molar-refractivity contribution in [3.05, 3.63) is 36.2 Å². The number of halogens is 2. The van der Waals surface area contributed by atoms with E-state index in [4.69, 9.17) is 14.2 Å². The van der Waals surface area contributed by atoms with Crippen molar-refractivity contribution in [2.75, 3.05) is 40.5 Å². The predicted octanol–water partition coefficient (Wildman–Crippen LogP) is 2.76. The van der Waals surface area contributed by atoms with Crippen molar-refractivity contribution >= 4 is 33.9 Å². The van der Waals surface area contributed by atoms with Crippen LogP contribution in [0.5, 0.6) is 17.2 Å². The maximum absolute atomic E-state index is 13.4. The molecule has 0 spiro atoms. The maximum atomic E-state index is 13.4. The minimum Gasteiger partial charge on any atom is -0.493 e. The van der Waals surface area contributed by atoms with Gasteiger partial charge in [-0.3, -0.25) is 18.6 Å². The fourth-order valence-electron chi connectivity index (χ4n) is 3.39. The first kappa shape index (κ1) is 28.7. The molecule has 0 aliphatic rings. The molecule has 0 aliphatic carbocycles. The largest absolute Gasteiger partial charge is 0.508 e. The molecule has 1 unspecified atom stereocenters. The van der Waals surface area contributed by atoms with Gasteiger partial charge in [0.15, 0.2) is 11.5 Å². The summed E-state index contributed by atoms with van der Waals surface area (Å²) in [4.78, 5) is 32.9. The molecule has 15 heteroatoms. The van der Waals surface area contributed by atoms with E-state index >= 15 is 0 Å². The van der Waals surface area contributed by atoms with E-state index in [2.05, 4.69) is 24.8 Å². The number of carbonyl (C=O) groups is 2. The monoisotopic (exact) mass is 556 g/mol. The first-order chi connectivity index (χ1) is 18.3. The molecule has 12 nitrogen and oxygen atoms in total. The number of benzene rings is 1. The number of nitrogens with zero attached hydrogens (tertiary/aromatic N) is 3. The number of carbonyl (C=O) groups excluding carboxylic acids is 2. The first-order valence-corrected chi connectivity index (χ1v) is 12.6. The van der Waals surface area contributed by atoms with Crippen LogP contribution in [-0.2, 0) is 26.0 Å². The Morgan fingerprint density at radius 2 is 1.95 bits per heavy atom. The fourth-order valence-corrected chi connectivity index (χ4v) is 4.58. The summed E-state index contributed by atoms with van der Waals surface area (Å²) in [6.45, 7) is -1.41. The van der Waals surface area contributed by atoms with Crippen LogP contribution >= 0.6 is 0 Å². The van der Waals surface area contributed by atoms with E-state index in [1.165, 1.54) is 38.6 Å². The summed E-state index contributed by atoms with van der Waals surface area (Å²) in [6.07, 6.45) is 0.625. The highest BCUT2D eigenvalue weighted by Gasteiger charge is 2.24. The van der Waals surface area contributed by atoms with Crippen molar-refractivity contribution in [2.24, 2.45) is 0 Å². The van der Waals surface area contributed by atoms with Gasteiger partial charge in [0.2, 0.25) is 11.1 Å². The van der Waals surface area contributed by atoms with Gasteiger partial charge < -0.3 is 29.0 Å². The minimum atomic E-state index is -3.06. The predicted molar refractivity (Wildman–Crippen MR) is 130 cm³/mol. The van der Waals surface area contributed by atoms with Gasteiger partial charge in [-0.1, -0.05) is 0 Å². The van der Waals surface area contributed by atoms with E-state index in [0.717, 1.165) is 4.57 Å². The number of hydrogen-bond donors (Lipinski definition) is 1. The number of hydrogen-bond acceptors (Lipinski definition) is 11. The Hall–Kier alpha value is -3.85. The Balaban J connectivity index is 1.88. The average Bonchev–Trinajstić information content (AvgIpc) is 3.27. The van der Waals surface area contributed by atoms with Crippen LogP contribution in [0.1, 0.15) is 17.4 Å². The highest BCUT2D eigenvalue weighted by atomic mass is 32.2. The Morgan fingerprint density at radius 3 is 2.63 bits per heavy atom. The Bertz CT molecular complexity index is 1300. The second kappa shape index (κ2) is 13.6. The zero-order valence-corrected chi connectivity index (χ0v) is 21.6. The van der Waals surface area contributed by atoms with Crippen LogP contribution in [0.25, 0.3) is 11.0 Å². The molecule has 3 rings (SSSR count). The summed E-state index contributed by atoms with van der Waals surface area (Å²) < 4.78 is 64.5. The van der Waals surface area contributed by atoms with Gasteiger partial charge in [0.05, 0.1) is 60.7 Å². The topological polar surface area (TPSA) is 140 Å². The van der Waals surface area contributed by atoms with Gasteiger partial charge in [-0.15, -0.1) is 0 Å². The normalized spacial score (nSPS) is 11.8. The lowest BCUT2D eigenvalue weighted by Gasteiger charge is -2.12. The van der Waals surface area contributed by atoms with Crippen molar-refractivity contribution < 1.29 is 46.3 Å². The number of imidazole rings is 1. The van der Waals surface area contributed by atoms with Crippen molar-refractivity contribution in [3.8, 4) is 17.2 Å². The van der Waals surface area contributed by atoms with Crippen LogP contribution in [-0.4, -0.2) is 77.9 Å². The molecule has 0 saturated heterocycles. The first-order valence-electron chi connectivity index (χ1n) is 11.2. The summed E-state index contributed by atoms with van der Waals surface area (Å²) >= 11 is 0. The smallest absolute Gasteiger partial charge is 0.493 e. The molecule has 0 bridgehead atoms. The van der Waals surface area contributed by atoms with E-state index < -0.39 is 29.5 Å². The second-order valence-electron chi connectivity index (χ2n) is 7.34. The number of fused-ring (bicyclic) bond motifs is 1. The van der Waals surface area contributed by atoms with E-state index in [0.29, 0.717) is 11.4 Å². The third kappa shape index (κ3) is 7.13. The van der Waals surface area contributed by atoms with Crippen LogP contribution in [0.4, 0.5) is 13.6 Å². The van der Waals surface area contributed by atoms with Crippen LogP contribution in [0.15, 0.2) is 35.6 Å². The molecular weight excluding hydrogens is 530 g/mol. The SMILES string of the molecule is CCOC(=O)OCCNCC(=O)n1c(S(=O)Cc2nccc(OC)c2OC)nc2cc(OC(F)F)ccc21. The molecule has 1 atom stereocenters. The molecule has 0 saturated carbocycles. The van der Waals surface area contributed by atoms with Gasteiger partial charge in [0.1, 0.15) is 12.4 Å². The average molecular weight is 557 g/mol. The van der Waals surface area contributed by atoms with Crippen LogP contribution in [0, 0.1) is 0 Å². The zero-order valence-electron chi connectivity index (χ0n) is 20.8. The van der Waals surface area contributed by atoms with Crippen molar-refractivity contribution in [1.82, 2.24) is 19.9 Å². The van der Waals surface area contributed by atoms with Gasteiger partial charge in [-0.05, 0) is 19.1 Å². The molecular formula is C23H26F2N4O8S. The summed E-state index contributed by atoms with van der Waals surface area (Å²) in [5.41, 5.74) is 0.651. The van der Waals surface area contributed by atoms with Crippen LogP contribution in [0.2, 0.25) is 0 Å². The Morgan fingerprint density at radius 1 is 1.16 bits per heavy atom. The van der Waals surface area contributed by atoms with E-state index in [9.17, 15) is 22.6 Å². The van der Waals surface area contributed by atoms with Crippen molar-refractivity contribution in [3.63, 3.8) is 0 Å². The number of nitrogens with one attached hydrogen (secondary N) is 1. The molecule has 0 amide bonds. The number of ether oxygens (including phenoxy) is 5. The van der Waals surface area contributed by atoms with Gasteiger partial charge in [-0.25, -0.2) is 9.78 Å². The zero-order chi connectivity index (χ0) is 27.7. The highest BCUT2D eigenvalue weighted by Crippen LogP contribution is 2.31. The minimum absolute atomic E-state index is 0.0504. The number of rotatable bonds is 13. The van der Waals surface area contributed by atoms with Gasteiger partial charge in [-0.2, -0.15) is 8.78 Å². The quantitative estimate of drug-likeness (QED) is 0.245. The molecule has 0 radical (unpaired) electrons. The lowest BCUT2D eigenvalue weighted by molar-refractivity contribution is -0.0497. The molecule has 0 fully saturated rings. The fraction of sp³-hybridized carbons (Fsp3) is 0.391. The standard InChI is InChI=1S/C23H26F2N4O8S/c1-4-35-23(31)36-10-9-26-12-19(30)29-17-6-5-14(37-21(24)25)11-15(17)28-22(29)38(32)13-16-20(34-3)18(33-2)7-8-27-16/h5-8,11,21,26H,4,9-10,12-13H2,1-3H3. The van der Waals surface area contributed by atoms with Crippen molar-refractivity contribution in [2.45, 2.75) is 24.4 Å². The molecule has 2 heterocycles. The number of methoxy groups -OCH3 is 2. The Kier molecular flexibility index (Phi) is 10.3. The van der Waals surface area contributed by atoms with E-state index in [1.807, 2.05) is 0 Å². The number of aromatic nitrogens is 3. The number of alkyl halides is 2. The molecule has 3 aromatic rings. The molecule has 1 N–H and O–H groups in total. The lowest BCUT2D eigenvalue weighted by Crippen LogP contribution is -2.31. The highest BCUT2D eigenvalue weighted by molar-refractivity contribution is 7.84. The number of pyridine rings is 1.